The highest BCUT2D eigenvalue weighted by Gasteiger charge is 2.39. The fraction of sp³-hybridized carbons (Fsp3) is 0.471. The summed E-state index contributed by atoms with van der Waals surface area (Å²) in [5, 5.41) is 3.07. The van der Waals surface area contributed by atoms with Crippen LogP contribution in [0.3, 0.4) is 0 Å². The van der Waals surface area contributed by atoms with E-state index in [0.717, 1.165) is 15.6 Å². The van der Waals surface area contributed by atoms with Gasteiger partial charge in [-0.25, -0.2) is 8.42 Å². The maximum atomic E-state index is 12.4. The number of nitrogens with zero attached hydrogens (tertiary/aromatic N) is 1. The molecule has 1 fully saturated rings. The minimum Gasteiger partial charge on any atom is -0.460 e. The number of sulfonamides is 1. The molecule has 5 nitrogen and oxygen atoms in total. The Kier molecular flexibility index (Phi) is 5.22. The lowest BCUT2D eigenvalue weighted by molar-refractivity contribution is -0.148. The van der Waals surface area contributed by atoms with Gasteiger partial charge in [-0.05, 0) is 36.1 Å². The van der Waals surface area contributed by atoms with E-state index < -0.39 is 22.0 Å². The van der Waals surface area contributed by atoms with Crippen LogP contribution in [0.15, 0.2) is 29.6 Å². The van der Waals surface area contributed by atoms with E-state index in [9.17, 15) is 13.2 Å². The normalized spacial score (nSPS) is 19.0. The number of ether oxygens (including phenoxy) is 1. The first-order chi connectivity index (χ1) is 11.5. The summed E-state index contributed by atoms with van der Waals surface area (Å²) < 4.78 is 32.5. The Labute approximate surface area is 146 Å². The van der Waals surface area contributed by atoms with Crippen molar-refractivity contribution in [1.29, 1.82) is 0 Å². The summed E-state index contributed by atoms with van der Waals surface area (Å²) in [5.74, 6) is -0.367. The second-order valence-electron chi connectivity index (χ2n) is 5.95. The van der Waals surface area contributed by atoms with Gasteiger partial charge in [0.2, 0.25) is 10.0 Å². The number of fused-ring (bicyclic) bond motifs is 1. The number of thiophene rings is 1. The van der Waals surface area contributed by atoms with Crippen LogP contribution < -0.4 is 0 Å². The molecule has 130 valence electrons. The van der Waals surface area contributed by atoms with E-state index in [4.69, 9.17) is 4.74 Å². The van der Waals surface area contributed by atoms with Crippen LogP contribution in [-0.2, 0) is 26.2 Å². The van der Waals surface area contributed by atoms with Gasteiger partial charge in [0.15, 0.2) is 0 Å². The summed E-state index contributed by atoms with van der Waals surface area (Å²) in [6.07, 6.45) is 1.78. The van der Waals surface area contributed by atoms with E-state index in [2.05, 4.69) is 0 Å². The third-order valence-electron chi connectivity index (χ3n) is 4.23. The standard InChI is InChI=1S/C17H21NO4S2/c1-2-10-24(20,21)18-9-5-7-15(18)17(19)22-11-13-12-23-16-8-4-3-6-14(13)16/h3-4,6,8,12,15H,2,5,7,9-11H2,1H3. The molecule has 2 heterocycles. The lowest BCUT2D eigenvalue weighted by atomic mass is 10.2. The third kappa shape index (κ3) is 3.48. The van der Waals surface area contributed by atoms with E-state index in [1.54, 1.807) is 11.3 Å². The number of hydrogen-bond donors (Lipinski definition) is 0. The first-order valence-electron chi connectivity index (χ1n) is 8.14. The lowest BCUT2D eigenvalue weighted by Crippen LogP contribution is -2.42. The molecule has 24 heavy (non-hydrogen) atoms. The zero-order valence-corrected chi connectivity index (χ0v) is 15.2. The maximum absolute atomic E-state index is 12.4. The van der Waals surface area contributed by atoms with Crippen LogP contribution in [0.4, 0.5) is 0 Å². The highest BCUT2D eigenvalue weighted by Crippen LogP contribution is 2.27. The molecular formula is C17H21NO4S2. The number of esters is 1. The zero-order chi connectivity index (χ0) is 17.2. The molecule has 0 aliphatic carbocycles. The largest absolute Gasteiger partial charge is 0.460 e. The van der Waals surface area contributed by atoms with E-state index in [0.29, 0.717) is 25.8 Å². The van der Waals surface area contributed by atoms with Gasteiger partial charge in [0.25, 0.3) is 0 Å². The average molecular weight is 367 g/mol. The van der Waals surface area contributed by atoms with Gasteiger partial charge in [-0.3, -0.25) is 4.79 Å². The van der Waals surface area contributed by atoms with Crippen molar-refractivity contribution in [1.82, 2.24) is 4.31 Å². The maximum Gasteiger partial charge on any atom is 0.324 e. The summed E-state index contributed by atoms with van der Waals surface area (Å²) in [6, 6.07) is 7.29. The molecule has 0 radical (unpaired) electrons. The molecule has 0 bridgehead atoms. The lowest BCUT2D eigenvalue weighted by Gasteiger charge is -2.22. The van der Waals surface area contributed by atoms with Crippen molar-refractivity contribution in [2.75, 3.05) is 12.3 Å². The second-order valence-corrected chi connectivity index (χ2v) is 8.90. The summed E-state index contributed by atoms with van der Waals surface area (Å²) >= 11 is 1.61. The van der Waals surface area contributed by atoms with Gasteiger partial charge in [0.1, 0.15) is 12.6 Å². The highest BCUT2D eigenvalue weighted by atomic mass is 32.2. The number of rotatable bonds is 6. The van der Waals surface area contributed by atoms with Crippen LogP contribution in [0, 0.1) is 0 Å². The summed E-state index contributed by atoms with van der Waals surface area (Å²) in [6.45, 7) is 2.41. The number of carbonyl (C=O) groups is 1. The molecule has 1 saturated heterocycles. The molecule has 1 aliphatic rings. The molecule has 1 aromatic carbocycles. The van der Waals surface area contributed by atoms with E-state index in [-0.39, 0.29) is 12.4 Å². The highest BCUT2D eigenvalue weighted by molar-refractivity contribution is 7.89. The Hall–Kier alpha value is -1.44. The predicted octanol–water partition coefficient (Wildman–Crippen LogP) is 3.15. The molecular weight excluding hydrogens is 346 g/mol. The summed E-state index contributed by atoms with van der Waals surface area (Å²) in [4.78, 5) is 12.4. The van der Waals surface area contributed by atoms with Crippen LogP contribution in [0.2, 0.25) is 0 Å². The van der Waals surface area contributed by atoms with Gasteiger partial charge in [0, 0.05) is 16.8 Å². The van der Waals surface area contributed by atoms with E-state index >= 15 is 0 Å². The minimum atomic E-state index is -3.38. The molecule has 2 aromatic rings. The molecule has 1 aromatic heterocycles. The smallest absolute Gasteiger partial charge is 0.324 e. The Morgan fingerprint density at radius 3 is 2.96 bits per heavy atom. The van der Waals surface area contributed by atoms with Gasteiger partial charge in [-0.2, -0.15) is 4.31 Å². The Balaban J connectivity index is 1.68. The second kappa shape index (κ2) is 7.21. The van der Waals surface area contributed by atoms with Crippen LogP contribution in [0.25, 0.3) is 10.1 Å². The molecule has 1 unspecified atom stereocenters. The van der Waals surface area contributed by atoms with Gasteiger partial charge < -0.3 is 4.74 Å². The molecule has 0 N–H and O–H groups in total. The molecule has 1 aliphatic heterocycles. The number of benzene rings is 1. The SMILES string of the molecule is CCCS(=O)(=O)N1CCCC1C(=O)OCc1csc2ccccc12. The first-order valence-corrected chi connectivity index (χ1v) is 10.6. The van der Waals surface area contributed by atoms with Gasteiger partial charge in [-0.1, -0.05) is 25.1 Å². The zero-order valence-electron chi connectivity index (χ0n) is 13.6. The summed E-state index contributed by atoms with van der Waals surface area (Å²) in [7, 11) is -3.38. The molecule has 0 amide bonds. The fourth-order valence-corrected chi connectivity index (χ4v) is 5.76. The van der Waals surface area contributed by atoms with Crippen LogP contribution in [0.1, 0.15) is 31.7 Å². The first kappa shape index (κ1) is 17.4. The third-order valence-corrected chi connectivity index (χ3v) is 7.31. The van der Waals surface area contributed by atoms with Crippen molar-refractivity contribution in [3.63, 3.8) is 0 Å². The Morgan fingerprint density at radius 1 is 1.38 bits per heavy atom. The van der Waals surface area contributed by atoms with Gasteiger partial charge in [-0.15, -0.1) is 11.3 Å². The van der Waals surface area contributed by atoms with Crippen molar-refractivity contribution in [3.05, 3.63) is 35.2 Å². The fourth-order valence-electron chi connectivity index (χ4n) is 3.07. The predicted molar refractivity (Wildman–Crippen MR) is 95.4 cm³/mol. The monoisotopic (exact) mass is 367 g/mol. The molecule has 3 rings (SSSR count). The van der Waals surface area contributed by atoms with Crippen molar-refractivity contribution >= 4 is 37.4 Å². The van der Waals surface area contributed by atoms with E-state index in [1.165, 1.54) is 4.31 Å². The Morgan fingerprint density at radius 2 is 2.17 bits per heavy atom. The van der Waals surface area contributed by atoms with Crippen molar-refractivity contribution in [2.24, 2.45) is 0 Å². The minimum absolute atomic E-state index is 0.0753. The van der Waals surface area contributed by atoms with Crippen molar-refractivity contribution in [2.45, 2.75) is 38.8 Å². The molecule has 1 atom stereocenters. The van der Waals surface area contributed by atoms with Crippen molar-refractivity contribution < 1.29 is 17.9 Å². The molecule has 0 spiro atoms. The van der Waals surface area contributed by atoms with Crippen LogP contribution in [-0.4, -0.2) is 37.0 Å². The van der Waals surface area contributed by atoms with E-state index in [1.807, 2.05) is 36.6 Å². The van der Waals surface area contributed by atoms with Gasteiger partial charge in [0.05, 0.1) is 5.75 Å². The quantitative estimate of drug-likeness (QED) is 0.736. The number of carbonyl (C=O) groups excluding carboxylic acids is 1. The average Bonchev–Trinajstić information content (AvgIpc) is 3.20. The molecule has 7 heteroatoms. The Bertz CT molecular complexity index is 828. The molecule has 0 saturated carbocycles. The topological polar surface area (TPSA) is 63.7 Å². The van der Waals surface area contributed by atoms with Crippen molar-refractivity contribution in [3.8, 4) is 0 Å². The van der Waals surface area contributed by atoms with Crippen LogP contribution in [0.5, 0.6) is 0 Å². The number of hydrogen-bond acceptors (Lipinski definition) is 5. The van der Waals surface area contributed by atoms with Gasteiger partial charge >= 0.3 is 5.97 Å². The summed E-state index contributed by atoms with van der Waals surface area (Å²) in [5.41, 5.74) is 0.963. The van der Waals surface area contributed by atoms with Crippen LogP contribution >= 0.6 is 11.3 Å².